The summed E-state index contributed by atoms with van der Waals surface area (Å²) >= 11 is 3.34. The fourth-order valence-electron chi connectivity index (χ4n) is 1.55. The molecular weight excluding hydrogens is 254 g/mol. The van der Waals surface area contributed by atoms with Gasteiger partial charge in [0.15, 0.2) is 0 Å². The average molecular weight is 272 g/mol. The van der Waals surface area contributed by atoms with E-state index in [4.69, 9.17) is 0 Å². The van der Waals surface area contributed by atoms with Crippen LogP contribution in [0, 0.1) is 5.41 Å². The van der Waals surface area contributed by atoms with Crippen LogP contribution >= 0.6 is 15.9 Å². The van der Waals surface area contributed by atoms with Gasteiger partial charge in [0, 0.05) is 22.8 Å². The van der Waals surface area contributed by atoms with Crippen LogP contribution in [0.15, 0.2) is 22.8 Å². The van der Waals surface area contributed by atoms with E-state index in [-0.39, 0.29) is 11.5 Å². The molecule has 1 rings (SSSR count). The van der Waals surface area contributed by atoms with Gasteiger partial charge in [0.2, 0.25) is 0 Å². The van der Waals surface area contributed by atoms with Crippen LogP contribution in [0.2, 0.25) is 0 Å². The van der Waals surface area contributed by atoms with Crippen LogP contribution in [-0.4, -0.2) is 16.2 Å². The van der Waals surface area contributed by atoms with Crippen LogP contribution in [0.3, 0.4) is 0 Å². The SMILES string of the molecule is CC(C)(C)CC(O)Cc1ccc(Br)cn1. The molecule has 15 heavy (non-hydrogen) atoms. The van der Waals surface area contributed by atoms with E-state index in [9.17, 15) is 5.11 Å². The van der Waals surface area contributed by atoms with Gasteiger partial charge >= 0.3 is 0 Å². The lowest BCUT2D eigenvalue weighted by molar-refractivity contribution is 0.120. The summed E-state index contributed by atoms with van der Waals surface area (Å²) in [7, 11) is 0. The smallest absolute Gasteiger partial charge is 0.0600 e. The summed E-state index contributed by atoms with van der Waals surface area (Å²) in [6.07, 6.45) is 2.88. The first-order valence-corrected chi connectivity index (χ1v) is 5.94. The van der Waals surface area contributed by atoms with E-state index in [1.165, 1.54) is 0 Å². The molecule has 0 saturated carbocycles. The highest BCUT2D eigenvalue weighted by Crippen LogP contribution is 2.22. The molecule has 84 valence electrons. The summed E-state index contributed by atoms with van der Waals surface area (Å²) in [4.78, 5) is 4.24. The Hall–Kier alpha value is -0.410. The quantitative estimate of drug-likeness (QED) is 0.916. The van der Waals surface area contributed by atoms with Crippen molar-refractivity contribution >= 4 is 15.9 Å². The van der Waals surface area contributed by atoms with Gasteiger partial charge in [-0.1, -0.05) is 20.8 Å². The normalized spacial score (nSPS) is 13.9. The molecule has 0 radical (unpaired) electrons. The number of aromatic nitrogens is 1. The Balaban J connectivity index is 2.51. The van der Waals surface area contributed by atoms with Crippen molar-refractivity contribution < 1.29 is 5.11 Å². The minimum Gasteiger partial charge on any atom is -0.393 e. The first-order valence-electron chi connectivity index (χ1n) is 5.15. The fourth-order valence-corrected chi connectivity index (χ4v) is 1.78. The van der Waals surface area contributed by atoms with Gasteiger partial charge in [-0.2, -0.15) is 0 Å². The monoisotopic (exact) mass is 271 g/mol. The van der Waals surface area contributed by atoms with E-state index in [1.807, 2.05) is 12.1 Å². The topological polar surface area (TPSA) is 33.1 Å². The van der Waals surface area contributed by atoms with E-state index in [0.29, 0.717) is 6.42 Å². The molecule has 0 spiro atoms. The molecule has 0 fully saturated rings. The third kappa shape index (κ3) is 5.28. The minimum absolute atomic E-state index is 0.161. The summed E-state index contributed by atoms with van der Waals surface area (Å²) < 4.78 is 0.969. The second kappa shape index (κ2) is 5.08. The predicted octanol–water partition coefficient (Wildman–Crippen LogP) is 3.18. The second-order valence-corrected chi connectivity index (χ2v) is 6.01. The number of rotatable bonds is 3. The zero-order valence-electron chi connectivity index (χ0n) is 9.50. The van der Waals surface area contributed by atoms with Crippen molar-refractivity contribution in [1.29, 1.82) is 0 Å². The van der Waals surface area contributed by atoms with Crippen LogP contribution in [0.1, 0.15) is 32.9 Å². The highest BCUT2D eigenvalue weighted by molar-refractivity contribution is 9.10. The lowest BCUT2D eigenvalue weighted by Gasteiger charge is -2.22. The standard InChI is InChI=1S/C12H18BrNO/c1-12(2,3)7-11(15)6-10-5-4-9(13)8-14-10/h4-5,8,11,15H,6-7H2,1-3H3. The maximum Gasteiger partial charge on any atom is 0.0600 e. The number of nitrogens with zero attached hydrogens (tertiary/aromatic N) is 1. The third-order valence-corrected chi connectivity index (χ3v) is 2.55. The molecule has 1 unspecified atom stereocenters. The molecule has 2 nitrogen and oxygen atoms in total. The first-order chi connectivity index (χ1) is 6.87. The Labute approximate surface area is 99.9 Å². The molecule has 0 aliphatic heterocycles. The van der Waals surface area contributed by atoms with Crippen molar-refractivity contribution in [3.8, 4) is 0 Å². The molecule has 0 amide bonds. The Morgan fingerprint density at radius 1 is 1.40 bits per heavy atom. The fraction of sp³-hybridized carbons (Fsp3) is 0.583. The molecule has 0 bridgehead atoms. The zero-order chi connectivity index (χ0) is 11.5. The van der Waals surface area contributed by atoms with E-state index < -0.39 is 0 Å². The Kier molecular flexibility index (Phi) is 4.29. The summed E-state index contributed by atoms with van der Waals surface area (Å²) in [6.45, 7) is 6.39. The Morgan fingerprint density at radius 3 is 2.53 bits per heavy atom. The molecule has 0 aliphatic carbocycles. The lowest BCUT2D eigenvalue weighted by Crippen LogP contribution is -2.20. The predicted molar refractivity (Wildman–Crippen MR) is 65.7 cm³/mol. The van der Waals surface area contributed by atoms with Gasteiger partial charge in [0.1, 0.15) is 0 Å². The lowest BCUT2D eigenvalue weighted by atomic mass is 9.88. The number of aliphatic hydroxyl groups excluding tert-OH is 1. The van der Waals surface area contributed by atoms with Crippen LogP contribution < -0.4 is 0 Å². The van der Waals surface area contributed by atoms with Gasteiger partial charge < -0.3 is 5.11 Å². The number of pyridine rings is 1. The van der Waals surface area contributed by atoms with Crippen LogP contribution in [0.5, 0.6) is 0 Å². The van der Waals surface area contributed by atoms with E-state index in [0.717, 1.165) is 16.6 Å². The zero-order valence-corrected chi connectivity index (χ0v) is 11.1. The number of aliphatic hydroxyl groups is 1. The van der Waals surface area contributed by atoms with E-state index >= 15 is 0 Å². The highest BCUT2D eigenvalue weighted by Gasteiger charge is 2.17. The molecule has 0 aromatic carbocycles. The van der Waals surface area contributed by atoms with Gasteiger partial charge in [-0.25, -0.2) is 0 Å². The molecule has 1 heterocycles. The molecule has 1 atom stereocenters. The van der Waals surface area contributed by atoms with Crippen molar-refractivity contribution in [3.63, 3.8) is 0 Å². The summed E-state index contributed by atoms with van der Waals surface area (Å²) in [6, 6.07) is 3.89. The Morgan fingerprint density at radius 2 is 2.07 bits per heavy atom. The van der Waals surface area contributed by atoms with Gasteiger partial charge in [0.25, 0.3) is 0 Å². The molecular formula is C12H18BrNO. The van der Waals surface area contributed by atoms with E-state index in [2.05, 4.69) is 41.7 Å². The summed E-state index contributed by atoms with van der Waals surface area (Å²) in [5.74, 6) is 0. The number of halogens is 1. The van der Waals surface area contributed by atoms with Crippen LogP contribution in [0.4, 0.5) is 0 Å². The second-order valence-electron chi connectivity index (χ2n) is 5.09. The Bertz CT molecular complexity index is 302. The number of hydrogen-bond donors (Lipinski definition) is 1. The van der Waals surface area contributed by atoms with Gasteiger partial charge in [-0.3, -0.25) is 4.98 Å². The molecule has 1 aromatic rings. The van der Waals surface area contributed by atoms with Crippen LogP contribution in [-0.2, 0) is 6.42 Å². The maximum atomic E-state index is 9.86. The van der Waals surface area contributed by atoms with Gasteiger partial charge in [0.05, 0.1) is 6.10 Å². The maximum absolute atomic E-state index is 9.86. The summed E-state index contributed by atoms with van der Waals surface area (Å²) in [5.41, 5.74) is 1.10. The molecule has 1 aromatic heterocycles. The summed E-state index contributed by atoms with van der Waals surface area (Å²) in [5, 5.41) is 9.86. The van der Waals surface area contributed by atoms with Crippen LogP contribution in [0.25, 0.3) is 0 Å². The molecule has 3 heteroatoms. The van der Waals surface area contributed by atoms with Crippen molar-refractivity contribution in [3.05, 3.63) is 28.5 Å². The van der Waals surface area contributed by atoms with Crippen molar-refractivity contribution in [2.75, 3.05) is 0 Å². The van der Waals surface area contributed by atoms with Crippen molar-refractivity contribution in [2.24, 2.45) is 5.41 Å². The average Bonchev–Trinajstić information content (AvgIpc) is 2.05. The van der Waals surface area contributed by atoms with Gasteiger partial charge in [-0.05, 0) is 39.9 Å². The number of hydrogen-bond acceptors (Lipinski definition) is 2. The van der Waals surface area contributed by atoms with Crippen molar-refractivity contribution in [1.82, 2.24) is 4.98 Å². The third-order valence-electron chi connectivity index (χ3n) is 2.08. The largest absolute Gasteiger partial charge is 0.393 e. The molecule has 0 saturated heterocycles. The molecule has 0 aliphatic rings. The van der Waals surface area contributed by atoms with Gasteiger partial charge in [-0.15, -0.1) is 0 Å². The van der Waals surface area contributed by atoms with E-state index in [1.54, 1.807) is 6.20 Å². The molecule has 1 N–H and O–H groups in total. The minimum atomic E-state index is -0.307. The van der Waals surface area contributed by atoms with Crippen molar-refractivity contribution in [2.45, 2.75) is 39.7 Å². The highest BCUT2D eigenvalue weighted by atomic mass is 79.9. The first kappa shape index (κ1) is 12.7.